The molecule has 0 amide bonds. The first-order valence-electron chi connectivity index (χ1n) is 9.20. The average molecular weight is 322 g/mol. The van der Waals surface area contributed by atoms with Crippen LogP contribution in [0.25, 0.3) is 0 Å². The number of rotatable bonds is 1. The fourth-order valence-electron chi connectivity index (χ4n) is 7.16. The van der Waals surface area contributed by atoms with E-state index in [1.54, 1.807) is 0 Å². The second-order valence-electron chi connectivity index (χ2n) is 9.98. The number of aliphatic hydroxyl groups excluding tert-OH is 2. The highest BCUT2D eigenvalue weighted by molar-refractivity contribution is 5.18. The van der Waals surface area contributed by atoms with Gasteiger partial charge in [-0.05, 0) is 47.8 Å². The van der Waals surface area contributed by atoms with Crippen LogP contribution in [0.4, 0.5) is 0 Å². The van der Waals surface area contributed by atoms with E-state index in [0.717, 1.165) is 19.3 Å². The van der Waals surface area contributed by atoms with Gasteiger partial charge in [0.2, 0.25) is 0 Å². The molecule has 0 aromatic carbocycles. The molecule has 2 unspecified atom stereocenters. The van der Waals surface area contributed by atoms with Crippen molar-refractivity contribution in [3.8, 4) is 0 Å². The molecule has 3 fully saturated rings. The van der Waals surface area contributed by atoms with Crippen molar-refractivity contribution in [2.45, 2.75) is 84.0 Å². The summed E-state index contributed by atoms with van der Waals surface area (Å²) in [5, 5.41) is 33.5. The summed E-state index contributed by atoms with van der Waals surface area (Å²) in [6.07, 6.45) is 5.64. The Bertz CT molecular complexity index is 501. The quantitative estimate of drug-likeness (QED) is 0.649. The molecule has 3 nitrogen and oxygen atoms in total. The molecule has 3 N–H and O–H groups in total. The van der Waals surface area contributed by atoms with Crippen LogP contribution < -0.4 is 0 Å². The zero-order chi connectivity index (χ0) is 17.3. The smallest absolute Gasteiger partial charge is 0.0738 e. The van der Waals surface area contributed by atoms with Crippen molar-refractivity contribution in [1.82, 2.24) is 0 Å². The largest absolute Gasteiger partial charge is 0.393 e. The van der Waals surface area contributed by atoms with Crippen molar-refractivity contribution in [3.05, 3.63) is 12.7 Å². The van der Waals surface area contributed by atoms with E-state index in [2.05, 4.69) is 34.3 Å². The monoisotopic (exact) mass is 322 g/mol. The van der Waals surface area contributed by atoms with Gasteiger partial charge in [0.15, 0.2) is 0 Å². The molecule has 0 saturated heterocycles. The summed E-state index contributed by atoms with van der Waals surface area (Å²) in [5.74, 6) is -0.0206. The molecule has 23 heavy (non-hydrogen) atoms. The van der Waals surface area contributed by atoms with E-state index in [1.165, 1.54) is 0 Å². The van der Waals surface area contributed by atoms with Crippen LogP contribution in [0.5, 0.6) is 0 Å². The molecule has 0 aliphatic heterocycles. The lowest BCUT2D eigenvalue weighted by atomic mass is 9.40. The van der Waals surface area contributed by atoms with E-state index >= 15 is 0 Å². The Morgan fingerprint density at radius 3 is 2.17 bits per heavy atom. The van der Waals surface area contributed by atoms with E-state index in [-0.39, 0.29) is 28.1 Å². The maximum atomic E-state index is 11.5. The van der Waals surface area contributed by atoms with Crippen LogP contribution in [0.15, 0.2) is 12.7 Å². The number of hydrogen-bond donors (Lipinski definition) is 3. The van der Waals surface area contributed by atoms with Crippen molar-refractivity contribution >= 4 is 0 Å². The topological polar surface area (TPSA) is 60.7 Å². The van der Waals surface area contributed by atoms with Crippen LogP contribution in [0.2, 0.25) is 0 Å². The Morgan fingerprint density at radius 2 is 1.57 bits per heavy atom. The standard InChI is InChI=1S/C20H34O3/c1-6-18(4)10-13(21)16-19(5)9-7-8-17(2,3)15(19)14(22)11-20(16,23)12-18/h6,13-16,21-23H,1,7-12H2,2-5H3/t13?,14?,15-,16+,18+,19-,20+/m0/s1. The third-order valence-corrected chi connectivity index (χ3v) is 7.59. The van der Waals surface area contributed by atoms with Crippen LogP contribution in [-0.2, 0) is 0 Å². The molecule has 7 atom stereocenters. The molecule has 3 aliphatic carbocycles. The predicted molar refractivity (Wildman–Crippen MR) is 91.8 cm³/mol. The third kappa shape index (κ3) is 2.42. The number of hydrogen-bond acceptors (Lipinski definition) is 3. The molecule has 0 heterocycles. The van der Waals surface area contributed by atoms with Gasteiger partial charge < -0.3 is 15.3 Å². The lowest BCUT2D eigenvalue weighted by Crippen LogP contribution is -2.69. The average Bonchev–Trinajstić information content (AvgIpc) is 2.34. The van der Waals surface area contributed by atoms with Crippen molar-refractivity contribution in [2.24, 2.45) is 28.1 Å². The van der Waals surface area contributed by atoms with Gasteiger partial charge in [0.05, 0.1) is 17.8 Å². The number of fused-ring (bicyclic) bond motifs is 3. The SMILES string of the molecule is C=C[C@]1(C)CC(O)[C@H]2[C@@](O)(CC(O)[C@H]3C(C)(C)CCC[C@@]32C)C1. The molecular formula is C20H34O3. The minimum atomic E-state index is -1.00. The van der Waals surface area contributed by atoms with Gasteiger partial charge in [-0.25, -0.2) is 0 Å². The molecular weight excluding hydrogens is 288 g/mol. The Labute approximate surface area is 140 Å². The number of allylic oxidation sites excluding steroid dienone is 1. The molecule has 0 radical (unpaired) electrons. The van der Waals surface area contributed by atoms with E-state index < -0.39 is 17.8 Å². The normalized spacial score (nSPS) is 55.6. The highest BCUT2D eigenvalue weighted by Gasteiger charge is 2.66. The maximum Gasteiger partial charge on any atom is 0.0738 e. The van der Waals surface area contributed by atoms with Gasteiger partial charge in [-0.1, -0.05) is 40.2 Å². The van der Waals surface area contributed by atoms with Crippen molar-refractivity contribution < 1.29 is 15.3 Å². The summed E-state index contributed by atoms with van der Waals surface area (Å²) in [5.41, 5.74) is -1.43. The molecule has 3 saturated carbocycles. The molecule has 3 heteroatoms. The highest BCUT2D eigenvalue weighted by atomic mass is 16.3. The van der Waals surface area contributed by atoms with Crippen LogP contribution in [-0.4, -0.2) is 33.1 Å². The Hall–Kier alpha value is -0.380. The van der Waals surface area contributed by atoms with Gasteiger partial charge >= 0.3 is 0 Å². The first-order chi connectivity index (χ1) is 10.5. The van der Waals surface area contributed by atoms with Crippen molar-refractivity contribution in [2.75, 3.05) is 0 Å². The van der Waals surface area contributed by atoms with Gasteiger partial charge in [-0.2, -0.15) is 0 Å². The summed E-state index contributed by atoms with van der Waals surface area (Å²) in [4.78, 5) is 0. The van der Waals surface area contributed by atoms with Gasteiger partial charge in [0.1, 0.15) is 0 Å². The lowest BCUT2D eigenvalue weighted by molar-refractivity contribution is -0.266. The van der Waals surface area contributed by atoms with Crippen LogP contribution in [0.3, 0.4) is 0 Å². The van der Waals surface area contributed by atoms with E-state index in [0.29, 0.717) is 19.3 Å². The first kappa shape index (κ1) is 17.4. The minimum absolute atomic E-state index is 0.0483. The molecule has 0 aromatic rings. The third-order valence-electron chi connectivity index (χ3n) is 7.59. The summed E-state index contributed by atoms with van der Waals surface area (Å²) < 4.78 is 0. The summed E-state index contributed by atoms with van der Waals surface area (Å²) >= 11 is 0. The fourth-order valence-corrected chi connectivity index (χ4v) is 7.16. The second kappa shape index (κ2) is 5.06. The van der Waals surface area contributed by atoms with Crippen molar-refractivity contribution in [3.63, 3.8) is 0 Å². The summed E-state index contributed by atoms with van der Waals surface area (Å²) in [6.45, 7) is 12.7. The summed E-state index contributed by atoms with van der Waals surface area (Å²) in [7, 11) is 0. The van der Waals surface area contributed by atoms with Gasteiger partial charge in [-0.3, -0.25) is 0 Å². The molecule has 132 valence electrons. The molecule has 3 rings (SSSR count). The van der Waals surface area contributed by atoms with Gasteiger partial charge in [0, 0.05) is 12.3 Å². The first-order valence-corrected chi connectivity index (χ1v) is 9.20. The molecule has 0 bridgehead atoms. The molecule has 0 aromatic heterocycles. The molecule has 0 spiro atoms. The Balaban J connectivity index is 2.07. The van der Waals surface area contributed by atoms with Crippen LogP contribution in [0.1, 0.15) is 66.2 Å². The highest BCUT2D eigenvalue weighted by Crippen LogP contribution is 2.66. The Kier molecular flexibility index (Phi) is 3.84. The zero-order valence-corrected chi connectivity index (χ0v) is 15.2. The van der Waals surface area contributed by atoms with E-state index in [9.17, 15) is 15.3 Å². The van der Waals surface area contributed by atoms with Crippen LogP contribution in [0, 0.1) is 28.1 Å². The minimum Gasteiger partial charge on any atom is -0.393 e. The zero-order valence-electron chi connectivity index (χ0n) is 15.2. The Morgan fingerprint density at radius 1 is 0.957 bits per heavy atom. The lowest BCUT2D eigenvalue weighted by Gasteiger charge is -2.66. The van der Waals surface area contributed by atoms with E-state index in [1.807, 2.05) is 6.08 Å². The van der Waals surface area contributed by atoms with E-state index in [4.69, 9.17) is 0 Å². The number of aliphatic hydroxyl groups is 3. The second-order valence-corrected chi connectivity index (χ2v) is 9.98. The fraction of sp³-hybridized carbons (Fsp3) is 0.900. The van der Waals surface area contributed by atoms with Gasteiger partial charge in [0.25, 0.3) is 0 Å². The van der Waals surface area contributed by atoms with Gasteiger partial charge in [-0.15, -0.1) is 6.58 Å². The maximum absolute atomic E-state index is 11.5. The molecule has 3 aliphatic rings. The van der Waals surface area contributed by atoms with Crippen molar-refractivity contribution in [1.29, 1.82) is 0 Å². The van der Waals surface area contributed by atoms with Crippen LogP contribution >= 0.6 is 0 Å². The summed E-state index contributed by atoms with van der Waals surface area (Å²) in [6, 6.07) is 0. The predicted octanol–water partition coefficient (Wildman–Crippen LogP) is 3.28.